The Hall–Kier alpha value is -0.640. The SMILES string of the molecule is C=CCSCCN=C(N)N. The Morgan fingerprint density at radius 1 is 1.60 bits per heavy atom. The predicted molar refractivity (Wildman–Crippen MR) is 48.2 cm³/mol. The Morgan fingerprint density at radius 2 is 2.30 bits per heavy atom. The summed E-state index contributed by atoms with van der Waals surface area (Å²) in [6, 6.07) is 0. The molecule has 0 amide bonds. The van der Waals surface area contributed by atoms with Crippen LogP contribution >= 0.6 is 11.8 Å². The fraction of sp³-hybridized carbons (Fsp3) is 0.500. The van der Waals surface area contributed by atoms with Crippen LogP contribution in [0.1, 0.15) is 0 Å². The van der Waals surface area contributed by atoms with E-state index in [1.807, 2.05) is 6.08 Å². The van der Waals surface area contributed by atoms with E-state index in [1.165, 1.54) is 0 Å². The van der Waals surface area contributed by atoms with Gasteiger partial charge in [-0.3, -0.25) is 4.99 Å². The van der Waals surface area contributed by atoms with Crippen molar-refractivity contribution < 1.29 is 0 Å². The molecular weight excluding hydrogens is 146 g/mol. The average molecular weight is 159 g/mol. The fourth-order valence-corrected chi connectivity index (χ4v) is 0.960. The molecule has 0 rings (SSSR count). The molecule has 0 fully saturated rings. The van der Waals surface area contributed by atoms with Gasteiger partial charge in [0, 0.05) is 11.5 Å². The topological polar surface area (TPSA) is 64.4 Å². The Morgan fingerprint density at radius 3 is 2.80 bits per heavy atom. The van der Waals surface area contributed by atoms with E-state index in [2.05, 4.69) is 11.6 Å². The van der Waals surface area contributed by atoms with Gasteiger partial charge >= 0.3 is 0 Å². The summed E-state index contributed by atoms with van der Waals surface area (Å²) >= 11 is 1.76. The molecular formula is C6H13N3S. The van der Waals surface area contributed by atoms with Gasteiger partial charge in [-0.15, -0.1) is 6.58 Å². The molecule has 0 aromatic rings. The Bertz CT molecular complexity index is 118. The van der Waals surface area contributed by atoms with Crippen LogP contribution in [0.5, 0.6) is 0 Å². The van der Waals surface area contributed by atoms with Gasteiger partial charge in [0.15, 0.2) is 5.96 Å². The summed E-state index contributed by atoms with van der Waals surface area (Å²) in [5, 5.41) is 0. The predicted octanol–water partition coefficient (Wildman–Crippen LogP) is 0.179. The van der Waals surface area contributed by atoms with Crippen LogP contribution in [0.4, 0.5) is 0 Å². The van der Waals surface area contributed by atoms with Crippen molar-refractivity contribution in [2.75, 3.05) is 18.1 Å². The molecule has 0 aromatic carbocycles. The summed E-state index contributed by atoms with van der Waals surface area (Å²) in [6.07, 6.45) is 1.86. The van der Waals surface area contributed by atoms with Gasteiger partial charge in [0.2, 0.25) is 0 Å². The number of nitrogens with zero attached hydrogens (tertiary/aromatic N) is 1. The molecule has 0 atom stereocenters. The van der Waals surface area contributed by atoms with E-state index in [1.54, 1.807) is 11.8 Å². The lowest BCUT2D eigenvalue weighted by Gasteiger charge is -1.93. The average Bonchev–Trinajstić information content (AvgIpc) is 1.87. The van der Waals surface area contributed by atoms with Crippen LogP contribution in [0.3, 0.4) is 0 Å². The molecule has 0 heterocycles. The van der Waals surface area contributed by atoms with Gasteiger partial charge in [-0.25, -0.2) is 0 Å². The molecule has 4 N–H and O–H groups in total. The number of aliphatic imine (C=N–C) groups is 1. The van der Waals surface area contributed by atoms with Gasteiger partial charge in [0.05, 0.1) is 6.54 Å². The fourth-order valence-electron chi connectivity index (χ4n) is 0.406. The van der Waals surface area contributed by atoms with Crippen LogP contribution in [0.25, 0.3) is 0 Å². The van der Waals surface area contributed by atoms with Gasteiger partial charge in [-0.2, -0.15) is 11.8 Å². The zero-order valence-corrected chi connectivity index (χ0v) is 6.73. The Labute approximate surface area is 65.6 Å². The lowest BCUT2D eigenvalue weighted by molar-refractivity contribution is 1.13. The first-order chi connectivity index (χ1) is 4.77. The van der Waals surface area contributed by atoms with Crippen LogP contribution < -0.4 is 11.5 Å². The van der Waals surface area contributed by atoms with Crippen molar-refractivity contribution in [2.24, 2.45) is 16.5 Å². The van der Waals surface area contributed by atoms with E-state index in [4.69, 9.17) is 11.5 Å². The third kappa shape index (κ3) is 7.36. The maximum absolute atomic E-state index is 5.11. The second-order valence-electron chi connectivity index (χ2n) is 1.67. The van der Waals surface area contributed by atoms with E-state index in [0.717, 1.165) is 11.5 Å². The van der Waals surface area contributed by atoms with Crippen LogP contribution in [0, 0.1) is 0 Å². The number of nitrogens with two attached hydrogens (primary N) is 2. The van der Waals surface area contributed by atoms with Crippen molar-refractivity contribution in [1.82, 2.24) is 0 Å². The second-order valence-corrected chi connectivity index (χ2v) is 2.82. The minimum Gasteiger partial charge on any atom is -0.370 e. The number of thioether (sulfide) groups is 1. The number of hydrogen-bond acceptors (Lipinski definition) is 2. The molecule has 0 bridgehead atoms. The van der Waals surface area contributed by atoms with Crippen molar-refractivity contribution in [1.29, 1.82) is 0 Å². The molecule has 0 saturated heterocycles. The lowest BCUT2D eigenvalue weighted by atomic mass is 10.8. The third-order valence-corrected chi connectivity index (χ3v) is 1.71. The first-order valence-corrected chi connectivity index (χ1v) is 4.17. The Kier molecular flexibility index (Phi) is 6.06. The van der Waals surface area contributed by atoms with Crippen molar-refractivity contribution >= 4 is 17.7 Å². The molecule has 0 saturated carbocycles. The first kappa shape index (κ1) is 9.36. The smallest absolute Gasteiger partial charge is 0.185 e. The largest absolute Gasteiger partial charge is 0.370 e. The van der Waals surface area contributed by atoms with Gasteiger partial charge in [0.25, 0.3) is 0 Å². The second kappa shape index (κ2) is 6.48. The molecule has 0 unspecified atom stereocenters. The molecule has 4 heteroatoms. The first-order valence-electron chi connectivity index (χ1n) is 3.01. The molecule has 0 radical (unpaired) electrons. The highest BCUT2D eigenvalue weighted by molar-refractivity contribution is 7.99. The van der Waals surface area contributed by atoms with Gasteiger partial charge < -0.3 is 11.5 Å². The zero-order valence-electron chi connectivity index (χ0n) is 5.92. The minimum atomic E-state index is 0.166. The highest BCUT2D eigenvalue weighted by Crippen LogP contribution is 1.97. The van der Waals surface area contributed by atoms with Crippen molar-refractivity contribution in [2.45, 2.75) is 0 Å². The quantitative estimate of drug-likeness (QED) is 0.260. The molecule has 3 nitrogen and oxygen atoms in total. The van der Waals surface area contributed by atoms with E-state index >= 15 is 0 Å². The molecule has 0 aliphatic heterocycles. The summed E-state index contributed by atoms with van der Waals surface area (Å²) in [5.41, 5.74) is 10.2. The summed E-state index contributed by atoms with van der Waals surface area (Å²) < 4.78 is 0. The van der Waals surface area contributed by atoms with E-state index in [9.17, 15) is 0 Å². The van der Waals surface area contributed by atoms with Crippen molar-refractivity contribution in [3.05, 3.63) is 12.7 Å². The summed E-state index contributed by atoms with van der Waals surface area (Å²) in [6.45, 7) is 4.28. The van der Waals surface area contributed by atoms with Crippen molar-refractivity contribution in [3.8, 4) is 0 Å². The third-order valence-electron chi connectivity index (χ3n) is 0.766. The van der Waals surface area contributed by atoms with Crippen LogP contribution in [0.15, 0.2) is 17.6 Å². The molecule has 0 aliphatic rings. The number of hydrogen-bond donors (Lipinski definition) is 2. The Balaban J connectivity index is 3.05. The molecule has 0 spiro atoms. The maximum Gasteiger partial charge on any atom is 0.185 e. The molecule has 10 heavy (non-hydrogen) atoms. The van der Waals surface area contributed by atoms with Gasteiger partial charge in [0.1, 0.15) is 0 Å². The van der Waals surface area contributed by atoms with Crippen LogP contribution in [-0.2, 0) is 0 Å². The van der Waals surface area contributed by atoms with E-state index < -0.39 is 0 Å². The summed E-state index contributed by atoms with van der Waals surface area (Å²) in [7, 11) is 0. The van der Waals surface area contributed by atoms with Crippen LogP contribution in [-0.4, -0.2) is 24.0 Å². The minimum absolute atomic E-state index is 0.166. The zero-order chi connectivity index (χ0) is 7.82. The highest BCUT2D eigenvalue weighted by atomic mass is 32.2. The highest BCUT2D eigenvalue weighted by Gasteiger charge is 1.83. The summed E-state index contributed by atoms with van der Waals surface area (Å²) in [5.74, 6) is 2.07. The molecule has 0 aliphatic carbocycles. The van der Waals surface area contributed by atoms with E-state index in [-0.39, 0.29) is 5.96 Å². The van der Waals surface area contributed by atoms with E-state index in [0.29, 0.717) is 6.54 Å². The molecule has 58 valence electrons. The summed E-state index contributed by atoms with van der Waals surface area (Å²) in [4.78, 5) is 3.81. The number of guanidine groups is 1. The van der Waals surface area contributed by atoms with Gasteiger partial charge in [-0.1, -0.05) is 6.08 Å². The van der Waals surface area contributed by atoms with Crippen LogP contribution in [0.2, 0.25) is 0 Å². The van der Waals surface area contributed by atoms with Gasteiger partial charge in [-0.05, 0) is 0 Å². The molecule has 0 aromatic heterocycles. The van der Waals surface area contributed by atoms with Crippen molar-refractivity contribution in [3.63, 3.8) is 0 Å². The maximum atomic E-state index is 5.11. The standard InChI is InChI=1S/C6H13N3S/c1-2-4-10-5-3-9-6(7)8/h2H,1,3-5H2,(H4,7,8,9). The monoisotopic (exact) mass is 159 g/mol. The lowest BCUT2D eigenvalue weighted by Crippen LogP contribution is -2.23. The normalized spacial score (nSPS) is 8.80. The number of rotatable bonds is 5.